The largest absolute Gasteiger partial charge is 0.311 e. The molecule has 0 atom stereocenters. The highest BCUT2D eigenvalue weighted by Crippen LogP contribution is 2.51. The average molecular weight is 885 g/mol. The zero-order valence-electron chi connectivity index (χ0n) is 39.6. The molecule has 15 rings (SSSR count). The first-order chi connectivity index (χ1) is 34.2. The summed E-state index contributed by atoms with van der Waals surface area (Å²) in [7, 11) is 0. The molecule has 0 N–H and O–H groups in total. The van der Waals surface area contributed by atoms with Gasteiger partial charge in [-0.1, -0.05) is 141 Å². The third-order valence-corrected chi connectivity index (χ3v) is 17.1. The molecule has 0 unspecified atom stereocenters. The zero-order valence-corrected chi connectivity index (χ0v) is 39.6. The number of nitrogens with zero attached hydrogens (tertiary/aromatic N) is 2. The lowest BCUT2D eigenvalue weighted by Crippen LogP contribution is -2.62. The maximum atomic E-state index is 2.74. The van der Waals surface area contributed by atoms with Crippen molar-refractivity contribution < 1.29 is 0 Å². The number of rotatable bonds is 4. The molecule has 0 bridgehead atoms. The van der Waals surface area contributed by atoms with Crippen molar-refractivity contribution in [3.63, 3.8) is 0 Å². The van der Waals surface area contributed by atoms with E-state index in [1.165, 1.54) is 141 Å². The van der Waals surface area contributed by atoms with E-state index in [9.17, 15) is 0 Å². The topological polar surface area (TPSA) is 6.48 Å². The first-order valence-corrected chi connectivity index (χ1v) is 25.9. The van der Waals surface area contributed by atoms with Gasteiger partial charge in [0, 0.05) is 34.1 Å². The molecular formula is C66H53BN2. The number of fused-ring (bicyclic) bond motifs is 20. The Morgan fingerprint density at radius 3 is 1.04 bits per heavy atom. The first kappa shape index (κ1) is 39.6. The van der Waals surface area contributed by atoms with Gasteiger partial charge in [-0.25, -0.2) is 0 Å². The second-order valence-corrected chi connectivity index (χ2v) is 20.4. The summed E-state index contributed by atoms with van der Waals surface area (Å²) in [6.45, 7) is 4.90. The Morgan fingerprint density at radius 2 is 0.681 bits per heavy atom. The maximum absolute atomic E-state index is 2.74. The van der Waals surface area contributed by atoms with Crippen molar-refractivity contribution in [2.75, 3.05) is 9.80 Å². The lowest BCUT2D eigenvalue weighted by atomic mass is 9.32. The Balaban J connectivity index is 1.06. The lowest BCUT2D eigenvalue weighted by molar-refractivity contribution is 0.679. The third-order valence-electron chi connectivity index (χ3n) is 17.1. The smallest absolute Gasteiger partial charge is 0.252 e. The van der Waals surface area contributed by atoms with Crippen LogP contribution in [0, 0.1) is 0 Å². The Hall–Kier alpha value is -7.36. The summed E-state index contributed by atoms with van der Waals surface area (Å²) in [6, 6.07) is 63.6. The van der Waals surface area contributed by atoms with E-state index in [0.29, 0.717) is 0 Å². The monoisotopic (exact) mass is 884 g/mol. The van der Waals surface area contributed by atoms with E-state index in [2.05, 4.69) is 187 Å². The predicted molar refractivity (Wildman–Crippen MR) is 298 cm³/mol. The predicted octanol–water partition coefficient (Wildman–Crippen LogP) is 15.6. The van der Waals surface area contributed by atoms with Crippen LogP contribution >= 0.6 is 0 Å². The van der Waals surface area contributed by atoms with Crippen LogP contribution in [0.3, 0.4) is 0 Å². The fraction of sp³-hybridized carbons (Fsp3) is 0.182. The van der Waals surface area contributed by atoms with Crippen LogP contribution < -0.4 is 26.2 Å². The van der Waals surface area contributed by atoms with Crippen molar-refractivity contribution in [1.82, 2.24) is 0 Å². The van der Waals surface area contributed by atoms with Gasteiger partial charge in [-0.05, 0) is 215 Å². The van der Waals surface area contributed by atoms with Crippen molar-refractivity contribution in [1.29, 1.82) is 0 Å². The summed E-state index contributed by atoms with van der Waals surface area (Å²) < 4.78 is 0. The summed E-state index contributed by atoms with van der Waals surface area (Å²) in [6.07, 6.45) is 11.7. The standard InChI is InChI=1S/C66H53BN2/c1-3-40-36-60-65(56-28-15-5-18-44(40)56)68(42-32-34-54-50-24-9-7-20-46(50)48-22-11-13-26-52(48)58(54)38-42)62-30-17-31-63-64(62)67(60)61-37-41(4-2)45-19-6-16-29-57(45)66(61)69(63)43-33-35-55-51-25-10-8-21-47(51)49-23-12-14-27-53(49)59(55)39-43/h7-14,17,20-27,30-39H,3-6,15-16,18-19,28-29H2,1-2H3. The van der Waals surface area contributed by atoms with Gasteiger partial charge >= 0.3 is 0 Å². The molecular weight excluding hydrogens is 832 g/mol. The highest BCUT2D eigenvalue weighted by Gasteiger charge is 2.46. The maximum Gasteiger partial charge on any atom is 0.252 e. The molecule has 11 aromatic carbocycles. The fourth-order valence-electron chi connectivity index (χ4n) is 14.2. The SMILES string of the molecule is CCc1cc2c(c3c1CCCC3)N(c1ccc3c4ccccc4c4ccccc4c3c1)c1cccc3c1B2c1cc(CC)c2c(c1N3c1ccc3c4ccccc4c4ccccc4c3c1)CCCC2. The molecule has 2 nitrogen and oxygen atoms in total. The second-order valence-electron chi connectivity index (χ2n) is 20.4. The van der Waals surface area contributed by atoms with Crippen LogP contribution in [0.5, 0.6) is 0 Å². The molecule has 69 heavy (non-hydrogen) atoms. The minimum atomic E-state index is 0.110. The number of benzene rings is 11. The second kappa shape index (κ2) is 15.1. The van der Waals surface area contributed by atoms with Crippen LogP contribution in [0.4, 0.5) is 34.1 Å². The Bertz CT molecular complexity index is 3700. The molecule has 2 aliphatic heterocycles. The summed E-state index contributed by atoms with van der Waals surface area (Å²) in [5, 5.41) is 15.8. The van der Waals surface area contributed by atoms with E-state index >= 15 is 0 Å². The van der Waals surface area contributed by atoms with Gasteiger partial charge in [-0.2, -0.15) is 0 Å². The lowest BCUT2D eigenvalue weighted by Gasteiger charge is -2.47. The molecule has 0 saturated heterocycles. The van der Waals surface area contributed by atoms with Crippen molar-refractivity contribution >= 4 is 122 Å². The number of anilines is 6. The summed E-state index contributed by atoms with van der Waals surface area (Å²) in [4.78, 5) is 5.47. The zero-order chi connectivity index (χ0) is 45.5. The number of aryl methyl sites for hydroxylation is 2. The van der Waals surface area contributed by atoms with Crippen LogP contribution in [-0.4, -0.2) is 6.71 Å². The molecule has 2 heterocycles. The van der Waals surface area contributed by atoms with Crippen molar-refractivity contribution in [3.8, 4) is 0 Å². The molecule has 0 fully saturated rings. The number of hydrogen-bond donors (Lipinski definition) is 0. The Kier molecular flexibility index (Phi) is 8.65. The van der Waals surface area contributed by atoms with E-state index < -0.39 is 0 Å². The molecule has 0 spiro atoms. The van der Waals surface area contributed by atoms with Gasteiger partial charge in [0.15, 0.2) is 0 Å². The summed E-state index contributed by atoms with van der Waals surface area (Å²) >= 11 is 0. The van der Waals surface area contributed by atoms with Gasteiger partial charge in [0.25, 0.3) is 6.71 Å². The first-order valence-electron chi connectivity index (χ1n) is 25.9. The molecule has 0 amide bonds. The quantitative estimate of drug-likeness (QED) is 0.128. The molecule has 0 aromatic heterocycles. The van der Waals surface area contributed by atoms with Crippen LogP contribution in [0.1, 0.15) is 72.9 Å². The summed E-state index contributed by atoms with van der Waals surface area (Å²) in [5.74, 6) is 0. The fourth-order valence-corrected chi connectivity index (χ4v) is 14.2. The Labute approximate surface area is 404 Å². The normalized spacial score (nSPS) is 15.0. The molecule has 2 aliphatic carbocycles. The molecule has 0 radical (unpaired) electrons. The third kappa shape index (κ3) is 5.51. The van der Waals surface area contributed by atoms with Crippen LogP contribution in [0.25, 0.3) is 64.6 Å². The van der Waals surface area contributed by atoms with Gasteiger partial charge in [0.1, 0.15) is 0 Å². The van der Waals surface area contributed by atoms with E-state index in [0.717, 1.165) is 38.5 Å². The molecule has 330 valence electrons. The van der Waals surface area contributed by atoms with Gasteiger partial charge in [-0.3, -0.25) is 0 Å². The molecule has 3 heteroatoms. The average Bonchev–Trinajstić information content (AvgIpc) is 3.42. The minimum Gasteiger partial charge on any atom is -0.311 e. The number of hydrogen-bond acceptors (Lipinski definition) is 2. The van der Waals surface area contributed by atoms with E-state index in [1.54, 1.807) is 33.4 Å². The van der Waals surface area contributed by atoms with E-state index in [1.807, 2.05) is 0 Å². The van der Waals surface area contributed by atoms with E-state index in [-0.39, 0.29) is 6.71 Å². The van der Waals surface area contributed by atoms with Gasteiger partial charge < -0.3 is 9.80 Å². The van der Waals surface area contributed by atoms with E-state index in [4.69, 9.17) is 0 Å². The highest BCUT2D eigenvalue weighted by atomic mass is 15.2. The molecule has 4 aliphatic rings. The Morgan fingerprint density at radius 1 is 0.348 bits per heavy atom. The minimum absolute atomic E-state index is 0.110. The van der Waals surface area contributed by atoms with Gasteiger partial charge in [0.05, 0.1) is 0 Å². The van der Waals surface area contributed by atoms with Crippen LogP contribution in [0.15, 0.2) is 164 Å². The highest BCUT2D eigenvalue weighted by molar-refractivity contribution is 7.00. The van der Waals surface area contributed by atoms with Crippen molar-refractivity contribution in [2.45, 2.75) is 78.1 Å². The molecule has 0 saturated carbocycles. The van der Waals surface area contributed by atoms with Crippen LogP contribution in [-0.2, 0) is 38.5 Å². The van der Waals surface area contributed by atoms with Crippen LogP contribution in [0.2, 0.25) is 0 Å². The van der Waals surface area contributed by atoms with Gasteiger partial charge in [-0.15, -0.1) is 0 Å². The summed E-state index contributed by atoms with van der Waals surface area (Å²) in [5.41, 5.74) is 21.9. The van der Waals surface area contributed by atoms with Crippen molar-refractivity contribution in [2.24, 2.45) is 0 Å². The van der Waals surface area contributed by atoms with Crippen molar-refractivity contribution in [3.05, 3.63) is 197 Å². The van der Waals surface area contributed by atoms with Gasteiger partial charge in [0.2, 0.25) is 0 Å². The molecule has 11 aromatic rings.